The lowest BCUT2D eigenvalue weighted by Gasteiger charge is -2.38. The molecule has 0 spiro atoms. The Labute approximate surface area is 181 Å². The number of benzene rings is 2. The molecule has 6 nitrogen and oxygen atoms in total. The first-order chi connectivity index (χ1) is 14.3. The molecule has 1 aliphatic rings. The van der Waals surface area contributed by atoms with E-state index in [4.69, 9.17) is 0 Å². The molecule has 30 heavy (non-hydrogen) atoms. The zero-order chi connectivity index (χ0) is 21.7. The van der Waals surface area contributed by atoms with Crippen LogP contribution in [-0.4, -0.2) is 60.5 Å². The summed E-state index contributed by atoms with van der Waals surface area (Å²) >= 11 is 0. The second-order valence-corrected chi connectivity index (χ2v) is 10.8. The first-order valence-corrected chi connectivity index (χ1v) is 12.2. The second-order valence-electron chi connectivity index (χ2n) is 8.46. The molecule has 1 heterocycles. The molecule has 0 aromatic heterocycles. The second kappa shape index (κ2) is 9.81. The summed E-state index contributed by atoms with van der Waals surface area (Å²) in [4.78, 5) is 5.91. The highest BCUT2D eigenvalue weighted by molar-refractivity contribution is 7.90. The minimum absolute atomic E-state index is 0.0904. The predicted octanol–water partition coefficient (Wildman–Crippen LogP) is 1.53. The van der Waals surface area contributed by atoms with Crippen LogP contribution >= 0.6 is 0 Å². The Kier molecular flexibility index (Phi) is 7.39. The van der Waals surface area contributed by atoms with Crippen molar-refractivity contribution in [3.05, 3.63) is 60.2 Å². The topological polar surface area (TPSA) is 57.1 Å². The third-order valence-corrected chi connectivity index (χ3v) is 7.75. The van der Waals surface area contributed by atoms with E-state index in [2.05, 4.69) is 63.1 Å². The number of rotatable bonds is 8. The van der Waals surface area contributed by atoms with E-state index < -0.39 is 15.3 Å². The highest BCUT2D eigenvalue weighted by Crippen LogP contribution is 2.18. The number of hydrogen-bond acceptors (Lipinski definition) is 4. The molecule has 1 aliphatic heterocycles. The molecule has 0 bridgehead atoms. The maximum absolute atomic E-state index is 12.4. The van der Waals surface area contributed by atoms with E-state index in [0.29, 0.717) is 6.54 Å². The van der Waals surface area contributed by atoms with Crippen molar-refractivity contribution >= 4 is 21.4 Å². The fourth-order valence-electron chi connectivity index (χ4n) is 3.91. The van der Waals surface area contributed by atoms with Crippen molar-refractivity contribution < 1.29 is 13.3 Å². The van der Waals surface area contributed by atoms with Gasteiger partial charge in [-0.15, -0.1) is 0 Å². The van der Waals surface area contributed by atoms with Crippen molar-refractivity contribution in [1.29, 1.82) is 0 Å². The smallest absolute Gasteiger partial charge is 0.214 e. The zero-order valence-electron chi connectivity index (χ0n) is 18.5. The molecule has 0 radical (unpaired) electrons. The molecule has 1 atom stereocenters. The van der Waals surface area contributed by atoms with Gasteiger partial charge in [0.25, 0.3) is 0 Å². The van der Waals surface area contributed by atoms with Crippen LogP contribution in [0.5, 0.6) is 0 Å². The first kappa shape index (κ1) is 22.6. The van der Waals surface area contributed by atoms with Crippen molar-refractivity contribution in [1.82, 2.24) is 4.72 Å². The predicted molar refractivity (Wildman–Crippen MR) is 125 cm³/mol. The molecule has 2 aromatic carbocycles. The molecule has 1 fully saturated rings. The van der Waals surface area contributed by atoms with Crippen LogP contribution in [0.25, 0.3) is 0 Å². The Morgan fingerprint density at radius 1 is 1.00 bits per heavy atom. The highest BCUT2D eigenvalue weighted by Gasteiger charge is 2.30. The monoisotopic (exact) mass is 431 g/mol. The highest BCUT2D eigenvalue weighted by atomic mass is 32.2. The molecule has 0 unspecified atom stereocenters. The van der Waals surface area contributed by atoms with E-state index in [1.165, 1.54) is 16.2 Å². The summed E-state index contributed by atoms with van der Waals surface area (Å²) in [5.74, 6) is 0. The molecule has 164 valence electrons. The molecule has 7 heteroatoms. The van der Waals surface area contributed by atoms with Crippen LogP contribution in [0.4, 0.5) is 11.4 Å². The van der Waals surface area contributed by atoms with Gasteiger partial charge in [-0.25, -0.2) is 13.1 Å². The van der Waals surface area contributed by atoms with Crippen LogP contribution in [0.2, 0.25) is 0 Å². The van der Waals surface area contributed by atoms with Gasteiger partial charge >= 0.3 is 0 Å². The standard InChI is InChI=1S/C23H34N4O2S/c1-19(2)30(28,29)24-18-23(20-10-12-21(13-11-20)25(3)4)27-16-14-26(15-17-27)22-8-6-5-7-9-22/h5-13,19,23-24H,14-18H2,1-4H3/p+1/t23-/m1/s1. The summed E-state index contributed by atoms with van der Waals surface area (Å²) in [5.41, 5.74) is 3.57. The molecule has 3 rings (SSSR count). The molecule has 2 N–H and O–H groups in total. The molecule has 0 saturated carbocycles. The lowest BCUT2D eigenvalue weighted by molar-refractivity contribution is -0.930. The van der Waals surface area contributed by atoms with Gasteiger partial charge in [0, 0.05) is 31.0 Å². The molecule has 2 aromatic rings. The lowest BCUT2D eigenvalue weighted by atomic mass is 10.0. The van der Waals surface area contributed by atoms with Crippen LogP contribution in [0.15, 0.2) is 54.6 Å². The van der Waals surface area contributed by atoms with Gasteiger partial charge in [-0.2, -0.15) is 0 Å². The van der Waals surface area contributed by atoms with Gasteiger partial charge in [0.2, 0.25) is 10.0 Å². The summed E-state index contributed by atoms with van der Waals surface area (Å²) in [5, 5.41) is -0.431. The van der Waals surface area contributed by atoms with E-state index in [1.54, 1.807) is 13.8 Å². The zero-order valence-corrected chi connectivity index (χ0v) is 19.3. The number of para-hydroxylation sites is 1. The molecule has 0 aliphatic carbocycles. The molecule has 0 amide bonds. The summed E-state index contributed by atoms with van der Waals surface area (Å²) in [6.07, 6.45) is 0. The van der Waals surface area contributed by atoms with E-state index in [0.717, 1.165) is 31.9 Å². The number of anilines is 2. The maximum Gasteiger partial charge on any atom is 0.214 e. The maximum atomic E-state index is 12.4. The van der Waals surface area contributed by atoms with Gasteiger partial charge in [-0.1, -0.05) is 30.3 Å². The number of hydrogen-bond donors (Lipinski definition) is 2. The van der Waals surface area contributed by atoms with Crippen LogP contribution < -0.4 is 19.4 Å². The number of nitrogens with zero attached hydrogens (tertiary/aromatic N) is 2. The van der Waals surface area contributed by atoms with Gasteiger partial charge in [-0.05, 0) is 38.1 Å². The summed E-state index contributed by atoms with van der Waals surface area (Å²) in [7, 11) is 0.753. The Balaban J connectivity index is 1.75. The van der Waals surface area contributed by atoms with Crippen LogP contribution in [0.3, 0.4) is 0 Å². The van der Waals surface area contributed by atoms with Gasteiger partial charge in [0.1, 0.15) is 6.04 Å². The van der Waals surface area contributed by atoms with Crippen molar-refractivity contribution in [3.8, 4) is 0 Å². The molecular formula is C23H35N4O2S+. The third-order valence-electron chi connectivity index (χ3n) is 5.94. The largest absolute Gasteiger partial charge is 0.378 e. The van der Waals surface area contributed by atoms with Gasteiger partial charge in [0.15, 0.2) is 0 Å². The normalized spacial score (nSPS) is 16.6. The van der Waals surface area contributed by atoms with Gasteiger partial charge in [0.05, 0.1) is 38.0 Å². The number of quaternary nitrogens is 1. The quantitative estimate of drug-likeness (QED) is 0.666. The summed E-state index contributed by atoms with van der Waals surface area (Å²) in [6, 6.07) is 19.1. The lowest BCUT2D eigenvalue weighted by Crippen LogP contribution is -3.15. The number of piperazine rings is 1. The average Bonchev–Trinajstić information content (AvgIpc) is 2.75. The number of sulfonamides is 1. The van der Waals surface area contributed by atoms with Crippen molar-refractivity contribution in [3.63, 3.8) is 0 Å². The van der Waals surface area contributed by atoms with Crippen LogP contribution in [0.1, 0.15) is 25.5 Å². The Bertz CT molecular complexity index is 891. The fourth-order valence-corrected chi connectivity index (χ4v) is 4.64. The van der Waals surface area contributed by atoms with E-state index in [9.17, 15) is 8.42 Å². The van der Waals surface area contributed by atoms with Crippen molar-refractivity contribution in [2.45, 2.75) is 25.1 Å². The van der Waals surface area contributed by atoms with E-state index in [1.807, 2.05) is 20.2 Å². The minimum Gasteiger partial charge on any atom is -0.378 e. The van der Waals surface area contributed by atoms with Crippen molar-refractivity contribution in [2.75, 3.05) is 56.6 Å². The average molecular weight is 432 g/mol. The number of nitrogens with one attached hydrogen (secondary N) is 2. The van der Waals surface area contributed by atoms with Crippen LogP contribution in [0, 0.1) is 0 Å². The van der Waals surface area contributed by atoms with E-state index in [-0.39, 0.29) is 6.04 Å². The third kappa shape index (κ3) is 5.53. The Morgan fingerprint density at radius 3 is 2.13 bits per heavy atom. The summed E-state index contributed by atoms with van der Waals surface area (Å²) in [6.45, 7) is 7.72. The van der Waals surface area contributed by atoms with Crippen LogP contribution in [-0.2, 0) is 10.0 Å². The molecule has 1 saturated heterocycles. The fraction of sp³-hybridized carbons (Fsp3) is 0.478. The minimum atomic E-state index is -3.30. The first-order valence-electron chi connectivity index (χ1n) is 10.7. The SMILES string of the molecule is CC(C)S(=O)(=O)NC[C@H](c1ccc(N(C)C)cc1)[NH+]1CCN(c2ccccc2)CC1. The van der Waals surface area contributed by atoms with Crippen molar-refractivity contribution in [2.24, 2.45) is 0 Å². The molecular weight excluding hydrogens is 396 g/mol. The van der Waals surface area contributed by atoms with Gasteiger partial charge < -0.3 is 14.7 Å². The van der Waals surface area contributed by atoms with Gasteiger partial charge in [-0.3, -0.25) is 0 Å². The Morgan fingerprint density at radius 2 is 1.60 bits per heavy atom. The Hall–Kier alpha value is -2.09. The van der Waals surface area contributed by atoms with E-state index >= 15 is 0 Å². The summed E-state index contributed by atoms with van der Waals surface area (Å²) < 4.78 is 27.7.